The molecular weight excluding hydrogens is 362 g/mol. The SMILES string of the molecule is CCOc1cc(C(=O)OCC(=O)c2ccc3c(c2)[C@@H](C)C(=O)N3)ccc1OC. The number of carbonyl (C=O) groups excluding carboxylic acids is 3. The minimum atomic E-state index is -0.636. The summed E-state index contributed by atoms with van der Waals surface area (Å²) in [5.41, 5.74) is 2.11. The Labute approximate surface area is 162 Å². The van der Waals surface area contributed by atoms with Crippen LogP contribution in [0.15, 0.2) is 36.4 Å². The molecule has 0 aromatic heterocycles. The van der Waals surface area contributed by atoms with Crippen molar-refractivity contribution in [2.24, 2.45) is 0 Å². The number of ketones is 1. The first kappa shape index (κ1) is 19.4. The van der Waals surface area contributed by atoms with Crippen LogP contribution in [0.25, 0.3) is 0 Å². The summed E-state index contributed by atoms with van der Waals surface area (Å²) in [7, 11) is 1.51. The highest BCUT2D eigenvalue weighted by molar-refractivity contribution is 6.05. The maximum Gasteiger partial charge on any atom is 0.338 e. The van der Waals surface area contributed by atoms with E-state index in [0.29, 0.717) is 29.4 Å². The minimum Gasteiger partial charge on any atom is -0.493 e. The van der Waals surface area contributed by atoms with Crippen molar-refractivity contribution in [3.8, 4) is 11.5 Å². The van der Waals surface area contributed by atoms with E-state index in [1.165, 1.54) is 13.2 Å². The van der Waals surface area contributed by atoms with Gasteiger partial charge in [-0.15, -0.1) is 0 Å². The van der Waals surface area contributed by atoms with Crippen LogP contribution in [0.2, 0.25) is 0 Å². The van der Waals surface area contributed by atoms with Gasteiger partial charge in [-0.2, -0.15) is 0 Å². The lowest BCUT2D eigenvalue weighted by Gasteiger charge is -2.11. The lowest BCUT2D eigenvalue weighted by molar-refractivity contribution is -0.116. The number of Topliss-reactive ketones (excluding diaryl/α,β-unsaturated/α-hetero) is 1. The molecule has 0 aliphatic carbocycles. The van der Waals surface area contributed by atoms with Crippen molar-refractivity contribution in [1.82, 2.24) is 0 Å². The molecule has 1 amide bonds. The number of amides is 1. The zero-order valence-electron chi connectivity index (χ0n) is 15.9. The fourth-order valence-corrected chi connectivity index (χ4v) is 2.96. The molecule has 0 radical (unpaired) electrons. The first-order chi connectivity index (χ1) is 13.4. The van der Waals surface area contributed by atoms with Crippen LogP contribution in [0.4, 0.5) is 5.69 Å². The average Bonchev–Trinajstić information content (AvgIpc) is 2.99. The number of esters is 1. The fourth-order valence-electron chi connectivity index (χ4n) is 2.96. The smallest absolute Gasteiger partial charge is 0.338 e. The van der Waals surface area contributed by atoms with Crippen LogP contribution in [0.1, 0.15) is 46.0 Å². The number of fused-ring (bicyclic) bond motifs is 1. The van der Waals surface area contributed by atoms with E-state index in [9.17, 15) is 14.4 Å². The Kier molecular flexibility index (Phi) is 5.63. The molecule has 0 unspecified atom stereocenters. The van der Waals surface area contributed by atoms with Crippen molar-refractivity contribution in [3.63, 3.8) is 0 Å². The van der Waals surface area contributed by atoms with E-state index in [0.717, 1.165) is 5.56 Å². The molecule has 1 aliphatic rings. The predicted molar refractivity (Wildman–Crippen MR) is 102 cm³/mol. The van der Waals surface area contributed by atoms with E-state index in [1.807, 2.05) is 6.92 Å². The van der Waals surface area contributed by atoms with Gasteiger partial charge < -0.3 is 19.5 Å². The van der Waals surface area contributed by atoms with Gasteiger partial charge in [0.2, 0.25) is 5.91 Å². The van der Waals surface area contributed by atoms with Gasteiger partial charge in [-0.3, -0.25) is 9.59 Å². The second-order valence-corrected chi connectivity index (χ2v) is 6.31. The van der Waals surface area contributed by atoms with E-state index in [-0.39, 0.29) is 23.2 Å². The van der Waals surface area contributed by atoms with E-state index >= 15 is 0 Å². The van der Waals surface area contributed by atoms with Gasteiger partial charge in [0.05, 0.1) is 25.2 Å². The van der Waals surface area contributed by atoms with Gasteiger partial charge in [0, 0.05) is 11.3 Å². The maximum absolute atomic E-state index is 12.4. The van der Waals surface area contributed by atoms with Crippen LogP contribution in [0, 0.1) is 0 Å². The summed E-state index contributed by atoms with van der Waals surface area (Å²) < 4.78 is 15.8. The van der Waals surface area contributed by atoms with Crippen LogP contribution in [0.5, 0.6) is 11.5 Å². The molecule has 0 saturated heterocycles. The predicted octanol–water partition coefficient (Wildman–Crippen LogP) is 3.19. The first-order valence-corrected chi connectivity index (χ1v) is 8.90. The fraction of sp³-hybridized carbons (Fsp3) is 0.286. The highest BCUT2D eigenvalue weighted by Gasteiger charge is 2.27. The lowest BCUT2D eigenvalue weighted by atomic mass is 9.99. The molecule has 1 N–H and O–H groups in total. The van der Waals surface area contributed by atoms with Crippen LogP contribution in [0.3, 0.4) is 0 Å². The second kappa shape index (κ2) is 8.12. The van der Waals surface area contributed by atoms with Crippen molar-refractivity contribution < 1.29 is 28.6 Å². The summed E-state index contributed by atoms with van der Waals surface area (Å²) in [6.07, 6.45) is 0. The summed E-state index contributed by atoms with van der Waals surface area (Å²) in [4.78, 5) is 36.4. The molecule has 1 aliphatic heterocycles. The van der Waals surface area contributed by atoms with Crippen molar-refractivity contribution in [2.75, 3.05) is 25.6 Å². The molecule has 1 heterocycles. The summed E-state index contributed by atoms with van der Waals surface area (Å²) >= 11 is 0. The highest BCUT2D eigenvalue weighted by atomic mass is 16.5. The normalized spacial score (nSPS) is 14.8. The number of rotatable bonds is 7. The van der Waals surface area contributed by atoms with Gasteiger partial charge in [0.25, 0.3) is 0 Å². The molecule has 28 heavy (non-hydrogen) atoms. The summed E-state index contributed by atoms with van der Waals surface area (Å²) in [6.45, 7) is 3.61. The van der Waals surface area contributed by atoms with E-state index in [2.05, 4.69) is 5.32 Å². The van der Waals surface area contributed by atoms with E-state index < -0.39 is 12.6 Å². The van der Waals surface area contributed by atoms with Crippen LogP contribution in [-0.4, -0.2) is 38.0 Å². The number of hydrogen-bond acceptors (Lipinski definition) is 6. The molecule has 0 saturated carbocycles. The monoisotopic (exact) mass is 383 g/mol. The molecule has 146 valence electrons. The zero-order chi connectivity index (χ0) is 20.3. The van der Waals surface area contributed by atoms with Gasteiger partial charge in [-0.1, -0.05) is 0 Å². The molecule has 0 spiro atoms. The average molecular weight is 383 g/mol. The summed E-state index contributed by atoms with van der Waals surface area (Å²) in [6, 6.07) is 9.62. The molecule has 2 aromatic carbocycles. The van der Waals surface area contributed by atoms with E-state index in [1.54, 1.807) is 37.3 Å². The number of carbonyl (C=O) groups is 3. The third-order valence-corrected chi connectivity index (χ3v) is 4.52. The molecule has 3 rings (SSSR count). The number of anilines is 1. The Morgan fingerprint density at radius 3 is 2.54 bits per heavy atom. The molecule has 7 heteroatoms. The van der Waals surface area contributed by atoms with Gasteiger partial charge >= 0.3 is 5.97 Å². The number of benzene rings is 2. The van der Waals surface area contributed by atoms with Crippen LogP contribution in [-0.2, 0) is 9.53 Å². The standard InChI is InChI=1S/C21H21NO6/c1-4-27-19-10-14(6-8-18(19)26-3)21(25)28-11-17(23)13-5-7-16-15(9-13)12(2)20(24)22-16/h5-10,12H,4,11H2,1-3H3,(H,22,24)/t12-/m1/s1. The largest absolute Gasteiger partial charge is 0.493 e. The Morgan fingerprint density at radius 1 is 1.07 bits per heavy atom. The molecule has 0 fully saturated rings. The third kappa shape index (κ3) is 3.83. The number of nitrogens with one attached hydrogen (secondary N) is 1. The Balaban J connectivity index is 1.67. The number of hydrogen-bond donors (Lipinski definition) is 1. The summed E-state index contributed by atoms with van der Waals surface area (Å²) in [5.74, 6) is -0.470. The lowest BCUT2D eigenvalue weighted by Crippen LogP contribution is -2.14. The van der Waals surface area contributed by atoms with E-state index in [4.69, 9.17) is 14.2 Å². The third-order valence-electron chi connectivity index (χ3n) is 4.52. The van der Waals surface area contributed by atoms with Gasteiger partial charge in [-0.25, -0.2) is 4.79 Å². The topological polar surface area (TPSA) is 90.9 Å². The van der Waals surface area contributed by atoms with Gasteiger partial charge in [0.15, 0.2) is 23.9 Å². The minimum absolute atomic E-state index is 0.101. The van der Waals surface area contributed by atoms with Gasteiger partial charge in [0.1, 0.15) is 0 Å². The second-order valence-electron chi connectivity index (χ2n) is 6.31. The van der Waals surface area contributed by atoms with Crippen molar-refractivity contribution in [1.29, 1.82) is 0 Å². The number of methoxy groups -OCH3 is 1. The molecule has 1 atom stereocenters. The number of ether oxygens (including phenoxy) is 3. The molecular formula is C21H21NO6. The highest BCUT2D eigenvalue weighted by Crippen LogP contribution is 2.33. The maximum atomic E-state index is 12.4. The van der Waals surface area contributed by atoms with Crippen LogP contribution >= 0.6 is 0 Å². The quantitative estimate of drug-likeness (QED) is 0.583. The van der Waals surface area contributed by atoms with Gasteiger partial charge in [-0.05, 0) is 55.8 Å². The summed E-state index contributed by atoms with van der Waals surface area (Å²) in [5, 5.41) is 2.75. The molecule has 2 aromatic rings. The van der Waals surface area contributed by atoms with Crippen LogP contribution < -0.4 is 14.8 Å². The Bertz CT molecular complexity index is 936. The Hall–Kier alpha value is -3.35. The van der Waals surface area contributed by atoms with Crippen molar-refractivity contribution in [3.05, 3.63) is 53.1 Å². The molecule has 0 bridgehead atoms. The Morgan fingerprint density at radius 2 is 1.82 bits per heavy atom. The first-order valence-electron chi connectivity index (χ1n) is 8.90. The van der Waals surface area contributed by atoms with Crippen molar-refractivity contribution >= 4 is 23.3 Å². The van der Waals surface area contributed by atoms with Crippen molar-refractivity contribution in [2.45, 2.75) is 19.8 Å². The molecule has 7 nitrogen and oxygen atoms in total. The zero-order valence-corrected chi connectivity index (χ0v) is 15.9.